The zero-order valence-electron chi connectivity index (χ0n) is 6.84. The van der Waals surface area contributed by atoms with Crippen LogP contribution in [0.1, 0.15) is 32.6 Å². The van der Waals surface area contributed by atoms with E-state index in [9.17, 15) is 4.79 Å². The van der Waals surface area contributed by atoms with Crippen LogP contribution in [-0.2, 0) is 4.79 Å². The second kappa shape index (κ2) is 2.18. The molecule has 0 saturated heterocycles. The molecule has 0 N–H and O–H groups in total. The van der Waals surface area contributed by atoms with Crippen LogP contribution in [0.2, 0.25) is 0 Å². The fourth-order valence-corrected chi connectivity index (χ4v) is 2.77. The van der Waals surface area contributed by atoms with E-state index in [2.05, 4.69) is 11.9 Å². The summed E-state index contributed by atoms with van der Waals surface area (Å²) in [5, 5.41) is 0. The maximum Gasteiger partial charge on any atom is 0.235 e. The largest absolute Gasteiger partial charge is 0.235 e. The summed E-state index contributed by atoms with van der Waals surface area (Å²) in [6.45, 7) is 2.26. The first kappa shape index (κ1) is 7.05. The van der Waals surface area contributed by atoms with Crippen molar-refractivity contribution < 1.29 is 4.79 Å². The third-order valence-corrected chi connectivity index (χ3v) is 3.45. The minimum atomic E-state index is 0.291. The van der Waals surface area contributed by atoms with Gasteiger partial charge in [-0.25, -0.2) is 9.79 Å². The molecule has 0 aromatic rings. The molecule has 0 radical (unpaired) electrons. The highest BCUT2D eigenvalue weighted by molar-refractivity contribution is 5.34. The predicted octanol–water partition coefficient (Wildman–Crippen LogP) is 1.90. The molecule has 0 aromatic carbocycles. The number of nitrogens with zero attached hydrogens (tertiary/aromatic N) is 1. The molecule has 2 saturated carbocycles. The Kier molecular flexibility index (Phi) is 1.40. The Balaban J connectivity index is 2.21. The van der Waals surface area contributed by atoms with Crippen molar-refractivity contribution in [1.29, 1.82) is 0 Å². The van der Waals surface area contributed by atoms with E-state index in [4.69, 9.17) is 0 Å². The van der Waals surface area contributed by atoms with Crippen LogP contribution in [-0.4, -0.2) is 12.1 Å². The van der Waals surface area contributed by atoms with Gasteiger partial charge in [0, 0.05) is 0 Å². The van der Waals surface area contributed by atoms with E-state index in [1.54, 1.807) is 6.08 Å². The smallest absolute Gasteiger partial charge is 0.211 e. The standard InChI is InChI=1S/C9H13NO/c1-9-3-2-7(5-9)4-8(9)10-6-11/h7-8H,2-5H2,1H3. The number of hydrogen-bond donors (Lipinski definition) is 0. The van der Waals surface area contributed by atoms with E-state index in [-0.39, 0.29) is 0 Å². The van der Waals surface area contributed by atoms with E-state index in [0.29, 0.717) is 11.5 Å². The number of rotatable bonds is 1. The van der Waals surface area contributed by atoms with E-state index < -0.39 is 0 Å². The molecule has 60 valence electrons. The number of hydrogen-bond acceptors (Lipinski definition) is 2. The van der Waals surface area contributed by atoms with Crippen molar-refractivity contribution in [3.05, 3.63) is 0 Å². The Morgan fingerprint density at radius 2 is 2.45 bits per heavy atom. The molecule has 2 heteroatoms. The lowest BCUT2D eigenvalue weighted by atomic mass is 9.82. The van der Waals surface area contributed by atoms with Crippen LogP contribution in [0.3, 0.4) is 0 Å². The molecular formula is C9H13NO. The van der Waals surface area contributed by atoms with Crippen LogP contribution in [0.15, 0.2) is 4.99 Å². The predicted molar refractivity (Wildman–Crippen MR) is 42.0 cm³/mol. The lowest BCUT2D eigenvalue weighted by Gasteiger charge is -2.26. The van der Waals surface area contributed by atoms with E-state index in [0.717, 1.165) is 12.3 Å². The van der Waals surface area contributed by atoms with Gasteiger partial charge in [0.2, 0.25) is 6.08 Å². The number of fused-ring (bicyclic) bond motifs is 2. The van der Waals surface area contributed by atoms with E-state index in [1.165, 1.54) is 19.3 Å². The average Bonchev–Trinajstić information content (AvgIpc) is 2.44. The summed E-state index contributed by atoms with van der Waals surface area (Å²) in [6.07, 6.45) is 6.71. The highest BCUT2D eigenvalue weighted by Crippen LogP contribution is 2.54. The topological polar surface area (TPSA) is 29.4 Å². The van der Waals surface area contributed by atoms with Crippen LogP contribution in [0.25, 0.3) is 0 Å². The van der Waals surface area contributed by atoms with Crippen LogP contribution in [0, 0.1) is 11.3 Å². The van der Waals surface area contributed by atoms with Crippen molar-refractivity contribution in [2.75, 3.05) is 0 Å². The zero-order chi connectivity index (χ0) is 7.90. The van der Waals surface area contributed by atoms with Crippen molar-refractivity contribution in [2.24, 2.45) is 16.3 Å². The van der Waals surface area contributed by atoms with E-state index in [1.807, 2.05) is 0 Å². The summed E-state index contributed by atoms with van der Waals surface area (Å²) in [4.78, 5) is 14.0. The van der Waals surface area contributed by atoms with Crippen molar-refractivity contribution in [3.8, 4) is 0 Å². The molecule has 2 bridgehead atoms. The van der Waals surface area contributed by atoms with Gasteiger partial charge in [0.1, 0.15) is 0 Å². The highest BCUT2D eigenvalue weighted by atomic mass is 16.1. The van der Waals surface area contributed by atoms with Gasteiger partial charge in [-0.3, -0.25) is 0 Å². The molecular weight excluding hydrogens is 138 g/mol. The summed E-state index contributed by atoms with van der Waals surface area (Å²) in [5.74, 6) is 0.849. The van der Waals surface area contributed by atoms with Gasteiger partial charge in [-0.15, -0.1) is 0 Å². The first-order valence-corrected chi connectivity index (χ1v) is 4.31. The van der Waals surface area contributed by atoms with Gasteiger partial charge in [-0.2, -0.15) is 0 Å². The second-order valence-electron chi connectivity index (χ2n) is 4.23. The first-order chi connectivity index (χ1) is 5.24. The summed E-state index contributed by atoms with van der Waals surface area (Å²) < 4.78 is 0. The Morgan fingerprint density at radius 1 is 1.64 bits per heavy atom. The lowest BCUT2D eigenvalue weighted by Crippen LogP contribution is -2.24. The van der Waals surface area contributed by atoms with Gasteiger partial charge >= 0.3 is 0 Å². The Bertz CT molecular complexity index is 220. The van der Waals surface area contributed by atoms with Crippen molar-refractivity contribution >= 4 is 6.08 Å². The molecule has 2 aliphatic rings. The molecule has 2 nitrogen and oxygen atoms in total. The van der Waals surface area contributed by atoms with Crippen molar-refractivity contribution in [2.45, 2.75) is 38.6 Å². The normalized spacial score (nSPS) is 47.4. The third-order valence-electron chi connectivity index (χ3n) is 3.45. The molecule has 0 heterocycles. The fraction of sp³-hybridized carbons (Fsp3) is 0.889. The van der Waals surface area contributed by atoms with Crippen LogP contribution < -0.4 is 0 Å². The number of carbonyl (C=O) groups excluding carboxylic acids is 1. The molecule has 0 aromatic heterocycles. The summed E-state index contributed by atoms with van der Waals surface area (Å²) in [6, 6.07) is 0.291. The third kappa shape index (κ3) is 0.935. The van der Waals surface area contributed by atoms with Crippen LogP contribution >= 0.6 is 0 Å². The number of isocyanates is 1. The van der Waals surface area contributed by atoms with Gasteiger partial charge in [0.15, 0.2) is 0 Å². The maximum atomic E-state index is 10.1. The molecule has 2 fully saturated rings. The lowest BCUT2D eigenvalue weighted by molar-refractivity contribution is 0.283. The average molecular weight is 151 g/mol. The quantitative estimate of drug-likeness (QED) is 0.415. The van der Waals surface area contributed by atoms with Gasteiger partial charge in [-0.1, -0.05) is 6.92 Å². The molecule has 0 spiro atoms. The summed E-state index contributed by atoms with van der Waals surface area (Å²) in [5.41, 5.74) is 0.349. The fourth-order valence-electron chi connectivity index (χ4n) is 2.77. The van der Waals surface area contributed by atoms with Crippen LogP contribution in [0.5, 0.6) is 0 Å². The molecule has 2 aliphatic carbocycles. The van der Waals surface area contributed by atoms with Gasteiger partial charge in [0.25, 0.3) is 0 Å². The molecule has 2 rings (SSSR count). The maximum absolute atomic E-state index is 10.1. The Hall–Kier alpha value is -0.620. The summed E-state index contributed by atoms with van der Waals surface area (Å²) >= 11 is 0. The van der Waals surface area contributed by atoms with Crippen molar-refractivity contribution in [1.82, 2.24) is 0 Å². The minimum absolute atomic E-state index is 0.291. The monoisotopic (exact) mass is 151 g/mol. The van der Waals surface area contributed by atoms with Gasteiger partial charge in [-0.05, 0) is 37.0 Å². The summed E-state index contributed by atoms with van der Waals surface area (Å²) in [7, 11) is 0. The van der Waals surface area contributed by atoms with E-state index >= 15 is 0 Å². The Morgan fingerprint density at radius 3 is 2.91 bits per heavy atom. The molecule has 11 heavy (non-hydrogen) atoms. The SMILES string of the molecule is CC12CCC(CC1N=C=O)C2. The molecule has 3 atom stereocenters. The Labute approximate surface area is 66.7 Å². The van der Waals surface area contributed by atoms with Gasteiger partial charge in [0.05, 0.1) is 6.04 Å². The molecule has 0 aliphatic heterocycles. The zero-order valence-corrected chi connectivity index (χ0v) is 6.84. The number of aliphatic imine (C=N–C) groups is 1. The first-order valence-electron chi connectivity index (χ1n) is 4.31. The second-order valence-corrected chi connectivity index (χ2v) is 4.23. The molecule has 0 amide bonds. The van der Waals surface area contributed by atoms with Crippen LogP contribution in [0.4, 0.5) is 0 Å². The molecule has 3 unspecified atom stereocenters. The minimum Gasteiger partial charge on any atom is -0.211 e. The van der Waals surface area contributed by atoms with Gasteiger partial charge < -0.3 is 0 Å². The van der Waals surface area contributed by atoms with Crippen molar-refractivity contribution in [3.63, 3.8) is 0 Å². The highest BCUT2D eigenvalue weighted by Gasteiger charge is 2.48.